The quantitative estimate of drug-likeness (QED) is 0.0761. The van der Waals surface area contributed by atoms with Crippen molar-refractivity contribution in [3.05, 3.63) is 95.6 Å². The van der Waals surface area contributed by atoms with Crippen LogP contribution in [0.25, 0.3) is 0 Å². The van der Waals surface area contributed by atoms with E-state index in [1.807, 2.05) is 141 Å². The first-order valence-electron chi connectivity index (χ1n) is 21.0. The molecule has 4 aromatic rings. The van der Waals surface area contributed by atoms with Crippen LogP contribution in [0.3, 0.4) is 0 Å². The molecule has 15 nitrogen and oxygen atoms in total. The molecular weight excluding hydrogens is 785 g/mol. The molecule has 0 unspecified atom stereocenters. The fourth-order valence-electron chi connectivity index (χ4n) is 5.70. The first-order valence-corrected chi connectivity index (χ1v) is 21.0. The van der Waals surface area contributed by atoms with Crippen LogP contribution in [0.15, 0.2) is 72.8 Å². The van der Waals surface area contributed by atoms with Gasteiger partial charge in [0.25, 0.3) is 0 Å². The van der Waals surface area contributed by atoms with Gasteiger partial charge in [-0.3, -0.25) is 29.0 Å². The van der Waals surface area contributed by atoms with E-state index >= 15 is 0 Å². The number of aromatic nitrogens is 4. The molecule has 0 aliphatic rings. The summed E-state index contributed by atoms with van der Waals surface area (Å²) < 4.78 is 0. The van der Waals surface area contributed by atoms with E-state index < -0.39 is 27.8 Å². The fraction of sp³-hybridized carbons (Fsp3) is 0.489. The lowest BCUT2D eigenvalue weighted by molar-refractivity contribution is -0.123. The van der Waals surface area contributed by atoms with Crippen molar-refractivity contribution in [3.63, 3.8) is 0 Å². The maximum atomic E-state index is 12.8. The molecule has 4 rings (SSSR count). The smallest absolute Gasteiger partial charge is 0.230 e. The summed E-state index contributed by atoms with van der Waals surface area (Å²) in [6, 6.07) is 21.7. The number of amides is 4. The number of nitrogens with zero attached hydrogens (tertiary/aromatic N) is 6. The number of hydrogen-bond donors (Lipinski definition) is 5. The standard InChI is InChI=1S/C47H66N10O5/c1-44(2,3)40(59)52-36-21-13-17-31(48-36)25-56(26-32-18-14-22-37(49-32)53-41(60)45(4,5)6)29-35(58)30-57(27-33-19-15-23-38(50-33)54-42(61)46(7,8)9)28-34-20-16-24-39(51-34)55-43(62)47(10,11)12/h13-24,35,58H,25-30H2,1-12H3,(H,48,52,59)(H,49,53,60)(H,50,54,61)(H,51,55,62). The topological polar surface area (TPSA) is 195 Å². The summed E-state index contributed by atoms with van der Waals surface area (Å²) in [5, 5.41) is 23.6. The fourth-order valence-corrected chi connectivity index (χ4v) is 5.70. The Morgan fingerprint density at radius 3 is 0.839 bits per heavy atom. The van der Waals surface area contributed by atoms with E-state index in [2.05, 4.69) is 21.3 Å². The lowest BCUT2D eigenvalue weighted by Crippen LogP contribution is -2.40. The van der Waals surface area contributed by atoms with Gasteiger partial charge in [-0.05, 0) is 48.5 Å². The van der Waals surface area contributed by atoms with Gasteiger partial charge < -0.3 is 26.4 Å². The molecule has 0 saturated carbocycles. The van der Waals surface area contributed by atoms with Crippen LogP contribution in [0.1, 0.15) is 106 Å². The van der Waals surface area contributed by atoms with Crippen molar-refractivity contribution >= 4 is 46.9 Å². The summed E-state index contributed by atoms with van der Waals surface area (Å²) in [5.74, 6) is 1.01. The predicted octanol–water partition coefficient (Wildman–Crippen LogP) is 7.27. The van der Waals surface area contributed by atoms with Crippen LogP contribution < -0.4 is 21.3 Å². The molecule has 334 valence electrons. The van der Waals surface area contributed by atoms with Crippen molar-refractivity contribution in [3.8, 4) is 0 Å². The van der Waals surface area contributed by atoms with Gasteiger partial charge in [-0.25, -0.2) is 19.9 Å². The van der Waals surface area contributed by atoms with Gasteiger partial charge in [0, 0.05) is 60.9 Å². The van der Waals surface area contributed by atoms with E-state index in [0.29, 0.717) is 72.2 Å². The van der Waals surface area contributed by atoms with E-state index in [1.54, 1.807) is 24.3 Å². The highest BCUT2D eigenvalue weighted by atomic mass is 16.3. The largest absolute Gasteiger partial charge is 0.390 e. The SMILES string of the molecule is CC(C)(C)C(=O)Nc1cccc(CN(Cc2cccc(NC(=O)C(C)(C)C)n2)CC(O)CN(Cc2cccc(NC(=O)C(C)(C)C)n2)Cc2cccc(NC(=O)C(C)(C)C)n2)n1. The average molecular weight is 851 g/mol. The summed E-state index contributed by atoms with van der Waals surface area (Å²) >= 11 is 0. The number of anilines is 4. The van der Waals surface area contributed by atoms with Gasteiger partial charge in [-0.15, -0.1) is 0 Å². The minimum Gasteiger partial charge on any atom is -0.390 e. The number of aliphatic hydroxyl groups is 1. The first kappa shape index (κ1) is 49.0. The molecule has 0 radical (unpaired) electrons. The predicted molar refractivity (Wildman–Crippen MR) is 244 cm³/mol. The molecule has 15 heteroatoms. The highest BCUT2D eigenvalue weighted by Crippen LogP contribution is 2.22. The van der Waals surface area contributed by atoms with Gasteiger partial charge in [0.15, 0.2) is 0 Å². The molecule has 0 saturated heterocycles. The van der Waals surface area contributed by atoms with E-state index in [9.17, 15) is 24.3 Å². The Morgan fingerprint density at radius 2 is 0.645 bits per heavy atom. The van der Waals surface area contributed by atoms with Crippen molar-refractivity contribution in [1.82, 2.24) is 29.7 Å². The Balaban J connectivity index is 1.65. The zero-order valence-corrected chi connectivity index (χ0v) is 38.5. The minimum absolute atomic E-state index is 0.166. The number of rotatable bonds is 16. The van der Waals surface area contributed by atoms with Crippen LogP contribution in [-0.2, 0) is 45.4 Å². The second-order valence-corrected chi connectivity index (χ2v) is 19.9. The molecule has 5 N–H and O–H groups in total. The number of nitrogens with one attached hydrogen (secondary N) is 4. The highest BCUT2D eigenvalue weighted by Gasteiger charge is 2.26. The Bertz CT molecular complexity index is 1880. The van der Waals surface area contributed by atoms with E-state index in [1.165, 1.54) is 0 Å². The van der Waals surface area contributed by atoms with Crippen molar-refractivity contribution in [2.24, 2.45) is 21.7 Å². The third-order valence-corrected chi connectivity index (χ3v) is 9.40. The Labute approximate surface area is 366 Å². The number of carbonyl (C=O) groups excluding carboxylic acids is 4. The minimum atomic E-state index is -0.921. The number of aliphatic hydroxyl groups excluding tert-OH is 1. The summed E-state index contributed by atoms with van der Waals surface area (Å²) in [4.78, 5) is 74.3. The van der Waals surface area contributed by atoms with Gasteiger partial charge in [0.2, 0.25) is 23.6 Å². The van der Waals surface area contributed by atoms with Crippen molar-refractivity contribution < 1.29 is 24.3 Å². The Hall–Kier alpha value is -5.64. The van der Waals surface area contributed by atoms with Crippen LogP contribution in [0.4, 0.5) is 23.3 Å². The molecular formula is C47H66N10O5. The maximum Gasteiger partial charge on any atom is 0.230 e. The zero-order valence-electron chi connectivity index (χ0n) is 38.5. The summed E-state index contributed by atoms with van der Waals surface area (Å²) in [6.07, 6.45) is -0.921. The third-order valence-electron chi connectivity index (χ3n) is 9.40. The maximum absolute atomic E-state index is 12.8. The van der Waals surface area contributed by atoms with E-state index in [4.69, 9.17) is 19.9 Å². The Morgan fingerprint density at radius 1 is 0.435 bits per heavy atom. The van der Waals surface area contributed by atoms with Crippen LogP contribution in [0.2, 0.25) is 0 Å². The molecule has 4 heterocycles. The van der Waals surface area contributed by atoms with Crippen LogP contribution in [0, 0.1) is 21.7 Å². The molecule has 0 bridgehead atoms. The van der Waals surface area contributed by atoms with Gasteiger partial charge in [0.1, 0.15) is 23.3 Å². The molecule has 0 aliphatic carbocycles. The van der Waals surface area contributed by atoms with Crippen LogP contribution in [-0.4, -0.2) is 77.7 Å². The second kappa shape index (κ2) is 20.5. The molecule has 62 heavy (non-hydrogen) atoms. The van der Waals surface area contributed by atoms with Gasteiger partial charge in [-0.1, -0.05) is 107 Å². The molecule has 4 amide bonds. The van der Waals surface area contributed by atoms with Crippen LogP contribution in [0.5, 0.6) is 0 Å². The Kier molecular flexibility index (Phi) is 16.2. The lowest BCUT2D eigenvalue weighted by Gasteiger charge is -2.29. The van der Waals surface area contributed by atoms with Crippen molar-refractivity contribution in [2.45, 2.75) is 115 Å². The normalized spacial score (nSPS) is 12.4. The number of carbonyl (C=O) groups is 4. The summed E-state index contributed by atoms with van der Waals surface area (Å²) in [7, 11) is 0. The average Bonchev–Trinajstić information content (AvgIpc) is 3.14. The molecule has 0 spiro atoms. The molecule has 0 fully saturated rings. The van der Waals surface area contributed by atoms with Crippen LogP contribution >= 0.6 is 0 Å². The van der Waals surface area contributed by atoms with Gasteiger partial charge in [0.05, 0.1) is 28.9 Å². The van der Waals surface area contributed by atoms with Gasteiger partial charge >= 0.3 is 0 Å². The zero-order chi connectivity index (χ0) is 46.0. The summed E-state index contributed by atoms with van der Waals surface area (Å²) in [5.41, 5.74) is 0.175. The van der Waals surface area contributed by atoms with Gasteiger partial charge in [-0.2, -0.15) is 0 Å². The molecule has 0 aromatic carbocycles. The number of hydrogen-bond acceptors (Lipinski definition) is 11. The van der Waals surface area contributed by atoms with E-state index in [-0.39, 0.29) is 36.7 Å². The first-order chi connectivity index (χ1) is 28.7. The third kappa shape index (κ3) is 16.0. The monoisotopic (exact) mass is 851 g/mol. The van der Waals surface area contributed by atoms with E-state index in [0.717, 1.165) is 0 Å². The molecule has 4 aromatic heterocycles. The second-order valence-electron chi connectivity index (χ2n) is 19.9. The van der Waals surface area contributed by atoms with Crippen molar-refractivity contribution in [1.29, 1.82) is 0 Å². The molecule has 0 atom stereocenters. The highest BCUT2D eigenvalue weighted by molar-refractivity contribution is 5.95. The number of pyridine rings is 4. The van der Waals surface area contributed by atoms with Crippen molar-refractivity contribution in [2.75, 3.05) is 34.4 Å². The lowest BCUT2D eigenvalue weighted by atomic mass is 9.96. The molecule has 0 aliphatic heterocycles. The summed E-state index contributed by atoms with van der Waals surface area (Å²) in [6.45, 7) is 23.5.